The van der Waals surface area contributed by atoms with Crippen LogP contribution in [0.15, 0.2) is 30.3 Å². The van der Waals surface area contributed by atoms with E-state index in [0.29, 0.717) is 0 Å². The molecule has 0 radical (unpaired) electrons. The minimum absolute atomic E-state index is 0.00855. The summed E-state index contributed by atoms with van der Waals surface area (Å²) in [6.07, 6.45) is 3.94. The minimum atomic E-state index is -1.12. The highest BCUT2D eigenvalue weighted by molar-refractivity contribution is 5.83. The molecule has 1 heterocycles. The molecule has 1 aromatic carbocycles. The molecule has 2 N–H and O–H groups in total. The summed E-state index contributed by atoms with van der Waals surface area (Å²) in [7, 11) is 0. The van der Waals surface area contributed by atoms with Crippen LogP contribution in [0.25, 0.3) is 0 Å². The van der Waals surface area contributed by atoms with Crippen LogP contribution < -0.4 is 10.6 Å². The van der Waals surface area contributed by atoms with E-state index in [1.807, 2.05) is 43.3 Å². The van der Waals surface area contributed by atoms with Crippen molar-refractivity contribution in [1.29, 1.82) is 5.26 Å². The number of nitriles is 1. The van der Waals surface area contributed by atoms with Gasteiger partial charge in [0, 0.05) is 17.4 Å². The fourth-order valence-electron chi connectivity index (χ4n) is 5.51. The van der Waals surface area contributed by atoms with Crippen LogP contribution in [0.1, 0.15) is 63.5 Å². The van der Waals surface area contributed by atoms with E-state index in [4.69, 9.17) is 0 Å². The summed E-state index contributed by atoms with van der Waals surface area (Å²) in [4.78, 5) is 27.1. The Hall–Kier alpha value is -2.46. The molecule has 0 aromatic heterocycles. The van der Waals surface area contributed by atoms with E-state index >= 15 is 0 Å². The van der Waals surface area contributed by atoms with Gasteiger partial charge in [0.15, 0.2) is 0 Å². The van der Waals surface area contributed by atoms with Gasteiger partial charge in [0.25, 0.3) is 0 Å². The van der Waals surface area contributed by atoms with Crippen molar-refractivity contribution in [2.45, 2.75) is 75.7 Å². The normalized spacial score (nSPS) is 33.0. The van der Waals surface area contributed by atoms with Gasteiger partial charge in [-0.1, -0.05) is 30.3 Å². The molecule has 0 spiro atoms. The molecule has 166 valence electrons. The number of nitrogens with zero attached hydrogens (tertiary/aromatic N) is 2. The zero-order chi connectivity index (χ0) is 22.1. The molecular weight excluding hydrogens is 395 g/mol. The number of alkyl halides is 1. The van der Waals surface area contributed by atoms with E-state index in [2.05, 4.69) is 10.6 Å². The van der Waals surface area contributed by atoms with Gasteiger partial charge in [-0.15, -0.1) is 0 Å². The van der Waals surface area contributed by atoms with Gasteiger partial charge < -0.3 is 15.5 Å². The Bertz CT molecular complexity index is 844. The fraction of sp³-hybridized carbons (Fsp3) is 0.625. The lowest BCUT2D eigenvalue weighted by molar-refractivity contribution is -0.140. The number of hydrogen-bond donors (Lipinski definition) is 2. The van der Waals surface area contributed by atoms with Crippen molar-refractivity contribution in [3.8, 4) is 6.07 Å². The summed E-state index contributed by atoms with van der Waals surface area (Å²) in [5, 5.41) is 15.8. The monoisotopic (exact) mass is 426 g/mol. The maximum Gasteiger partial charge on any atom is 0.237 e. The number of hydrogen-bond acceptors (Lipinski definition) is 4. The first-order valence-corrected chi connectivity index (χ1v) is 11.3. The fourth-order valence-corrected chi connectivity index (χ4v) is 5.51. The lowest BCUT2D eigenvalue weighted by Crippen LogP contribution is -2.60. The van der Waals surface area contributed by atoms with Crippen LogP contribution in [0.4, 0.5) is 4.39 Å². The van der Waals surface area contributed by atoms with E-state index in [-0.39, 0.29) is 48.3 Å². The van der Waals surface area contributed by atoms with Crippen molar-refractivity contribution in [3.05, 3.63) is 35.9 Å². The first-order chi connectivity index (χ1) is 14.9. The maximum absolute atomic E-state index is 13.6. The Morgan fingerprint density at radius 3 is 2.45 bits per heavy atom. The first kappa shape index (κ1) is 21.8. The average molecular weight is 427 g/mol. The van der Waals surface area contributed by atoms with E-state index in [9.17, 15) is 19.2 Å². The lowest BCUT2D eigenvalue weighted by Gasteiger charge is -2.53. The summed E-state index contributed by atoms with van der Waals surface area (Å²) in [6.45, 7) is 2.14. The molecule has 1 unspecified atom stereocenters. The second kappa shape index (κ2) is 8.58. The molecule has 3 aliphatic carbocycles. The predicted octanol–water partition coefficient (Wildman–Crippen LogP) is 3.01. The highest BCUT2D eigenvalue weighted by atomic mass is 19.1. The molecule has 1 aromatic rings. The molecule has 4 fully saturated rings. The molecule has 5 rings (SSSR count). The van der Waals surface area contributed by atoms with Crippen LogP contribution in [0, 0.1) is 16.7 Å². The van der Waals surface area contributed by atoms with Crippen LogP contribution in [-0.2, 0) is 9.59 Å². The highest BCUT2D eigenvalue weighted by Crippen LogP contribution is 2.52. The third-order valence-electron chi connectivity index (χ3n) is 7.71. The quantitative estimate of drug-likeness (QED) is 0.732. The zero-order valence-corrected chi connectivity index (χ0v) is 18.1. The Morgan fingerprint density at radius 1 is 1.19 bits per heavy atom. The number of benzene rings is 1. The van der Waals surface area contributed by atoms with Crippen LogP contribution in [0.3, 0.4) is 0 Å². The number of carbonyl (C=O) groups excluding carboxylic acids is 2. The third kappa shape index (κ3) is 4.31. The summed E-state index contributed by atoms with van der Waals surface area (Å²) in [5.74, 6) is -0.0749. The number of nitrogens with one attached hydrogen (secondary N) is 2. The average Bonchev–Trinajstić information content (AvgIpc) is 3.20. The van der Waals surface area contributed by atoms with Gasteiger partial charge in [-0.3, -0.25) is 9.59 Å². The molecule has 7 heteroatoms. The number of halogens is 1. The third-order valence-corrected chi connectivity index (χ3v) is 7.71. The molecule has 4 aliphatic rings. The van der Waals surface area contributed by atoms with Gasteiger partial charge >= 0.3 is 0 Å². The Labute approximate surface area is 183 Å². The topological polar surface area (TPSA) is 85.2 Å². The summed E-state index contributed by atoms with van der Waals surface area (Å²) in [6, 6.07) is 11.3. The number of carbonyl (C=O) groups is 2. The van der Waals surface area contributed by atoms with Crippen molar-refractivity contribution < 1.29 is 14.0 Å². The number of amides is 2. The van der Waals surface area contributed by atoms with Crippen molar-refractivity contribution in [2.24, 2.45) is 5.41 Å². The minimum Gasteiger partial charge on any atom is -0.349 e. The predicted molar refractivity (Wildman–Crippen MR) is 114 cm³/mol. The molecule has 1 saturated heterocycles. The van der Waals surface area contributed by atoms with E-state index in [1.165, 1.54) is 4.90 Å². The largest absolute Gasteiger partial charge is 0.349 e. The molecule has 6 nitrogen and oxygen atoms in total. The van der Waals surface area contributed by atoms with Crippen molar-refractivity contribution >= 4 is 11.8 Å². The SMILES string of the molecule is C[C@H](NC(=O)C12CCC(NCC(=O)N3C[C@@H](F)CC3C#N)(CC1)CC2)c1ccccc1. The maximum atomic E-state index is 13.6. The molecule has 2 amide bonds. The van der Waals surface area contributed by atoms with Gasteiger partial charge in [0.05, 0.1) is 25.2 Å². The van der Waals surface area contributed by atoms with E-state index < -0.39 is 12.2 Å². The van der Waals surface area contributed by atoms with Crippen LogP contribution in [0.2, 0.25) is 0 Å². The molecule has 3 atom stereocenters. The van der Waals surface area contributed by atoms with E-state index in [0.717, 1.165) is 44.1 Å². The zero-order valence-electron chi connectivity index (χ0n) is 18.1. The van der Waals surface area contributed by atoms with Gasteiger partial charge in [-0.25, -0.2) is 4.39 Å². The van der Waals surface area contributed by atoms with Gasteiger partial charge in [0.2, 0.25) is 11.8 Å². The van der Waals surface area contributed by atoms with Crippen LogP contribution >= 0.6 is 0 Å². The number of likely N-dealkylation sites (tertiary alicyclic amines) is 1. The Morgan fingerprint density at radius 2 is 1.84 bits per heavy atom. The Balaban J connectivity index is 1.31. The summed E-state index contributed by atoms with van der Waals surface area (Å²) in [5.41, 5.74) is 0.639. The standard InChI is InChI=1S/C24H31FN4O2/c1-17(18-5-3-2-4-6-18)28-22(31)23-7-10-24(11-8-23,12-9-23)27-15-21(30)29-16-19(25)13-20(29)14-26/h2-6,17,19-20,27H,7-13,15-16H2,1H3,(H,28,31)/t17-,19-,20?,23?,24?/m0/s1. The van der Waals surface area contributed by atoms with Gasteiger partial charge in [-0.05, 0) is 51.0 Å². The molecule has 3 saturated carbocycles. The smallest absolute Gasteiger partial charge is 0.237 e. The molecule has 31 heavy (non-hydrogen) atoms. The number of fused-ring (bicyclic) bond motifs is 3. The second-order valence-corrected chi connectivity index (χ2v) is 9.54. The molecule has 2 bridgehead atoms. The second-order valence-electron chi connectivity index (χ2n) is 9.54. The summed E-state index contributed by atoms with van der Waals surface area (Å²) < 4.78 is 13.6. The van der Waals surface area contributed by atoms with Gasteiger partial charge in [-0.2, -0.15) is 5.26 Å². The first-order valence-electron chi connectivity index (χ1n) is 11.3. The van der Waals surface area contributed by atoms with Crippen LogP contribution in [0.5, 0.6) is 0 Å². The molecule has 1 aliphatic heterocycles. The number of rotatable bonds is 6. The van der Waals surface area contributed by atoms with Gasteiger partial charge in [0.1, 0.15) is 12.2 Å². The van der Waals surface area contributed by atoms with Crippen molar-refractivity contribution in [3.63, 3.8) is 0 Å². The van der Waals surface area contributed by atoms with E-state index in [1.54, 1.807) is 0 Å². The Kier molecular flexibility index (Phi) is 6.02. The molecular formula is C24H31FN4O2. The van der Waals surface area contributed by atoms with Crippen molar-refractivity contribution in [1.82, 2.24) is 15.5 Å². The summed E-state index contributed by atoms with van der Waals surface area (Å²) >= 11 is 0. The lowest BCUT2D eigenvalue weighted by atomic mass is 9.57. The van der Waals surface area contributed by atoms with Crippen LogP contribution in [-0.4, -0.2) is 47.6 Å². The highest BCUT2D eigenvalue weighted by Gasteiger charge is 2.52. The van der Waals surface area contributed by atoms with Crippen molar-refractivity contribution in [2.75, 3.05) is 13.1 Å².